The molecule has 166 valence electrons. The van der Waals surface area contributed by atoms with Crippen molar-refractivity contribution in [2.24, 2.45) is 0 Å². The molecule has 7 nitrogen and oxygen atoms in total. The zero-order valence-electron chi connectivity index (χ0n) is 18.3. The van der Waals surface area contributed by atoms with Gasteiger partial charge in [-0.2, -0.15) is 0 Å². The van der Waals surface area contributed by atoms with E-state index in [4.69, 9.17) is 9.72 Å². The van der Waals surface area contributed by atoms with Crippen molar-refractivity contribution in [2.75, 3.05) is 24.6 Å². The number of imidazole rings is 1. The molecule has 0 spiro atoms. The van der Waals surface area contributed by atoms with Crippen molar-refractivity contribution < 1.29 is 14.3 Å². The standard InChI is InChI=1S/C25H28N4O3/c1-2-15-32-19-9-7-18(8-10-19)29-23(30)16-22(25(29)31)28-13-11-17(12-14-28)24-26-20-5-3-4-6-21(20)27-24/h3-10,17,22H,2,11-16H2,1H3,(H,26,27)/t22-/m0/s1. The van der Waals surface area contributed by atoms with Gasteiger partial charge in [0.05, 0.1) is 35.8 Å². The van der Waals surface area contributed by atoms with Crippen LogP contribution in [0.15, 0.2) is 48.5 Å². The Bertz CT molecular complexity index is 1080. The van der Waals surface area contributed by atoms with E-state index < -0.39 is 0 Å². The molecule has 5 rings (SSSR count). The number of para-hydroxylation sites is 2. The monoisotopic (exact) mass is 432 g/mol. The molecular weight excluding hydrogens is 404 g/mol. The molecule has 0 aliphatic carbocycles. The Balaban J connectivity index is 1.23. The summed E-state index contributed by atoms with van der Waals surface area (Å²) < 4.78 is 5.60. The SMILES string of the molecule is CCCOc1ccc(N2C(=O)C[C@H](N3CCC(c4nc5ccccc5[nH]4)CC3)C2=O)cc1. The van der Waals surface area contributed by atoms with Gasteiger partial charge in [-0.05, 0) is 68.8 Å². The lowest BCUT2D eigenvalue weighted by molar-refractivity contribution is -0.123. The van der Waals surface area contributed by atoms with Gasteiger partial charge in [0.25, 0.3) is 5.91 Å². The van der Waals surface area contributed by atoms with E-state index >= 15 is 0 Å². The number of hydrogen-bond acceptors (Lipinski definition) is 5. The minimum absolute atomic E-state index is 0.126. The van der Waals surface area contributed by atoms with Crippen molar-refractivity contribution in [2.45, 2.75) is 44.6 Å². The molecule has 7 heteroatoms. The average molecular weight is 433 g/mol. The number of fused-ring (bicyclic) bond motifs is 1. The van der Waals surface area contributed by atoms with Gasteiger partial charge in [0, 0.05) is 5.92 Å². The van der Waals surface area contributed by atoms with Gasteiger partial charge in [0.1, 0.15) is 11.6 Å². The molecule has 3 aromatic rings. The highest BCUT2D eigenvalue weighted by atomic mass is 16.5. The van der Waals surface area contributed by atoms with Crippen molar-refractivity contribution in [3.8, 4) is 5.75 Å². The van der Waals surface area contributed by atoms with Crippen LogP contribution in [-0.4, -0.2) is 52.4 Å². The van der Waals surface area contributed by atoms with Crippen LogP contribution in [0.3, 0.4) is 0 Å². The second-order valence-corrected chi connectivity index (χ2v) is 8.58. The third-order valence-electron chi connectivity index (χ3n) is 6.46. The Kier molecular flexibility index (Phi) is 5.66. The number of likely N-dealkylation sites (tertiary alicyclic amines) is 1. The number of nitrogens with zero attached hydrogens (tertiary/aromatic N) is 3. The van der Waals surface area contributed by atoms with Crippen molar-refractivity contribution in [3.05, 3.63) is 54.4 Å². The van der Waals surface area contributed by atoms with Crippen LogP contribution >= 0.6 is 0 Å². The first kappa shape index (κ1) is 20.7. The fourth-order valence-corrected chi connectivity index (χ4v) is 4.73. The molecule has 2 aromatic carbocycles. The lowest BCUT2D eigenvalue weighted by atomic mass is 9.95. The van der Waals surface area contributed by atoms with Crippen molar-refractivity contribution in [1.82, 2.24) is 14.9 Å². The van der Waals surface area contributed by atoms with E-state index in [1.807, 2.05) is 36.4 Å². The smallest absolute Gasteiger partial charge is 0.251 e. The van der Waals surface area contributed by atoms with Crippen LogP contribution in [0.2, 0.25) is 0 Å². The summed E-state index contributed by atoms with van der Waals surface area (Å²) in [5.41, 5.74) is 2.66. The fourth-order valence-electron chi connectivity index (χ4n) is 4.73. The van der Waals surface area contributed by atoms with Crippen LogP contribution < -0.4 is 9.64 Å². The quantitative estimate of drug-likeness (QED) is 0.599. The molecule has 2 aliphatic rings. The number of nitrogens with one attached hydrogen (secondary N) is 1. The summed E-state index contributed by atoms with van der Waals surface area (Å²) in [5, 5.41) is 0. The van der Waals surface area contributed by atoms with E-state index in [1.54, 1.807) is 12.1 Å². The third kappa shape index (κ3) is 3.88. The summed E-state index contributed by atoms with van der Waals surface area (Å²) in [6, 6.07) is 14.9. The van der Waals surface area contributed by atoms with E-state index in [0.717, 1.165) is 55.0 Å². The predicted molar refractivity (Wildman–Crippen MR) is 123 cm³/mol. The molecule has 1 aromatic heterocycles. The maximum Gasteiger partial charge on any atom is 0.251 e. The summed E-state index contributed by atoms with van der Waals surface area (Å²) in [6.07, 6.45) is 3.00. The molecule has 1 atom stereocenters. The van der Waals surface area contributed by atoms with Crippen LogP contribution in [-0.2, 0) is 9.59 Å². The number of imide groups is 1. The number of hydrogen-bond donors (Lipinski definition) is 1. The number of H-pyrrole nitrogens is 1. The molecule has 2 fully saturated rings. The topological polar surface area (TPSA) is 78.5 Å². The molecule has 0 bridgehead atoms. The van der Waals surface area contributed by atoms with Crippen LogP contribution in [0.5, 0.6) is 5.75 Å². The lowest BCUT2D eigenvalue weighted by Crippen LogP contribution is -2.45. The maximum absolute atomic E-state index is 13.2. The summed E-state index contributed by atoms with van der Waals surface area (Å²) in [5.74, 6) is 1.85. The number of aromatic nitrogens is 2. The molecule has 0 unspecified atom stereocenters. The van der Waals surface area contributed by atoms with Crippen LogP contribution in [0.4, 0.5) is 5.69 Å². The molecule has 2 aliphatic heterocycles. The Morgan fingerprint density at radius 2 is 1.81 bits per heavy atom. The minimum Gasteiger partial charge on any atom is -0.494 e. The molecule has 0 radical (unpaired) electrons. The maximum atomic E-state index is 13.2. The highest BCUT2D eigenvalue weighted by Crippen LogP contribution is 2.32. The molecule has 1 N–H and O–H groups in total. The first-order valence-corrected chi connectivity index (χ1v) is 11.4. The van der Waals surface area contributed by atoms with Gasteiger partial charge < -0.3 is 9.72 Å². The van der Waals surface area contributed by atoms with Gasteiger partial charge in [0.2, 0.25) is 5.91 Å². The molecule has 3 heterocycles. The van der Waals surface area contributed by atoms with Crippen LogP contribution in [0.1, 0.15) is 44.3 Å². The van der Waals surface area contributed by atoms with E-state index in [2.05, 4.69) is 16.8 Å². The van der Waals surface area contributed by atoms with Crippen LogP contribution in [0.25, 0.3) is 11.0 Å². The second-order valence-electron chi connectivity index (χ2n) is 8.58. The van der Waals surface area contributed by atoms with E-state index in [0.29, 0.717) is 18.2 Å². The third-order valence-corrected chi connectivity index (χ3v) is 6.46. The first-order chi connectivity index (χ1) is 15.6. The Morgan fingerprint density at radius 3 is 2.53 bits per heavy atom. The second kappa shape index (κ2) is 8.74. The Hall–Kier alpha value is -3.19. The van der Waals surface area contributed by atoms with Crippen molar-refractivity contribution in [1.29, 1.82) is 0 Å². The number of anilines is 1. The van der Waals surface area contributed by atoms with E-state index in [1.165, 1.54) is 4.90 Å². The highest BCUT2D eigenvalue weighted by molar-refractivity contribution is 6.22. The van der Waals surface area contributed by atoms with Crippen molar-refractivity contribution in [3.63, 3.8) is 0 Å². The zero-order valence-corrected chi connectivity index (χ0v) is 18.3. The average Bonchev–Trinajstić information content (AvgIpc) is 3.39. The van der Waals surface area contributed by atoms with Gasteiger partial charge in [0.15, 0.2) is 0 Å². The number of rotatable bonds is 6. The number of piperidine rings is 1. The summed E-state index contributed by atoms with van der Waals surface area (Å²) in [6.45, 7) is 4.26. The predicted octanol–water partition coefficient (Wildman–Crippen LogP) is 3.86. The number of ether oxygens (including phenoxy) is 1. The van der Waals surface area contributed by atoms with Gasteiger partial charge in [-0.15, -0.1) is 0 Å². The minimum atomic E-state index is -0.379. The van der Waals surface area contributed by atoms with E-state index in [9.17, 15) is 9.59 Å². The van der Waals surface area contributed by atoms with E-state index in [-0.39, 0.29) is 24.3 Å². The van der Waals surface area contributed by atoms with Crippen molar-refractivity contribution >= 4 is 28.5 Å². The number of carbonyl (C=O) groups is 2. The fraction of sp³-hybridized carbons (Fsp3) is 0.400. The highest BCUT2D eigenvalue weighted by Gasteiger charge is 2.43. The summed E-state index contributed by atoms with van der Waals surface area (Å²) in [7, 11) is 0. The summed E-state index contributed by atoms with van der Waals surface area (Å²) >= 11 is 0. The molecule has 32 heavy (non-hydrogen) atoms. The van der Waals surface area contributed by atoms with Gasteiger partial charge in [-0.3, -0.25) is 14.5 Å². The number of carbonyl (C=O) groups excluding carboxylic acids is 2. The molecule has 0 saturated carbocycles. The van der Waals surface area contributed by atoms with Gasteiger partial charge >= 0.3 is 0 Å². The zero-order chi connectivity index (χ0) is 22.1. The number of aromatic amines is 1. The van der Waals surface area contributed by atoms with Gasteiger partial charge in [-0.25, -0.2) is 9.88 Å². The van der Waals surface area contributed by atoms with Crippen LogP contribution in [0, 0.1) is 0 Å². The largest absolute Gasteiger partial charge is 0.494 e. The first-order valence-electron chi connectivity index (χ1n) is 11.4. The molecule has 2 saturated heterocycles. The number of amides is 2. The lowest BCUT2D eigenvalue weighted by Gasteiger charge is -2.34. The summed E-state index contributed by atoms with van der Waals surface area (Å²) in [4.78, 5) is 37.6. The molecular formula is C25H28N4O3. The normalized spacial score (nSPS) is 20.4. The van der Waals surface area contributed by atoms with Gasteiger partial charge in [-0.1, -0.05) is 19.1 Å². The Morgan fingerprint density at radius 1 is 1.06 bits per heavy atom. The number of benzene rings is 2. The Labute approximate surface area is 187 Å². The molecule has 2 amide bonds.